The van der Waals surface area contributed by atoms with Crippen LogP contribution < -0.4 is 10.1 Å². The summed E-state index contributed by atoms with van der Waals surface area (Å²) in [6, 6.07) is 14.0. The fourth-order valence-corrected chi connectivity index (χ4v) is 3.22. The lowest BCUT2D eigenvalue weighted by molar-refractivity contribution is -0.395. The highest BCUT2D eigenvalue weighted by atomic mass is 16.6. The first-order valence-electron chi connectivity index (χ1n) is 9.53. The van der Waals surface area contributed by atoms with Crippen molar-refractivity contribution in [3.05, 3.63) is 86.0 Å². The molecule has 0 atom stereocenters. The lowest BCUT2D eigenvalue weighted by Gasteiger charge is -2.06. The van der Waals surface area contributed by atoms with E-state index in [2.05, 4.69) is 15.5 Å². The number of nitrogens with zero attached hydrogens (tertiary/aromatic N) is 5. The van der Waals surface area contributed by atoms with Gasteiger partial charge in [-0.25, -0.2) is 0 Å². The van der Waals surface area contributed by atoms with Gasteiger partial charge in [-0.2, -0.15) is 4.80 Å². The minimum Gasteiger partial charge on any atom is -0.497 e. The predicted molar refractivity (Wildman–Crippen MR) is 118 cm³/mol. The molecule has 1 N–H and O–H groups in total. The van der Waals surface area contributed by atoms with Crippen molar-refractivity contribution in [3.8, 4) is 11.4 Å². The third-order valence-electron chi connectivity index (χ3n) is 4.95. The highest BCUT2D eigenvalue weighted by Crippen LogP contribution is 2.30. The van der Waals surface area contributed by atoms with Crippen molar-refractivity contribution in [1.29, 1.82) is 0 Å². The molecule has 0 fully saturated rings. The number of hydrogen-bond donors (Lipinski definition) is 1. The van der Waals surface area contributed by atoms with Gasteiger partial charge in [0.1, 0.15) is 22.3 Å². The van der Waals surface area contributed by atoms with Gasteiger partial charge >= 0.3 is 0 Å². The van der Waals surface area contributed by atoms with E-state index in [4.69, 9.17) is 4.74 Å². The highest BCUT2D eigenvalue weighted by molar-refractivity contribution is 6.06. The Hall–Kier alpha value is -4.87. The number of nitro benzene ring substituents is 2. The summed E-state index contributed by atoms with van der Waals surface area (Å²) >= 11 is 0. The van der Waals surface area contributed by atoms with Gasteiger partial charge in [0, 0.05) is 17.8 Å². The number of fused-ring (bicyclic) bond motifs is 1. The van der Waals surface area contributed by atoms with Gasteiger partial charge in [-0.15, -0.1) is 10.2 Å². The van der Waals surface area contributed by atoms with Crippen molar-refractivity contribution in [1.82, 2.24) is 15.0 Å². The van der Waals surface area contributed by atoms with Gasteiger partial charge in [-0.3, -0.25) is 25.0 Å². The molecule has 166 valence electrons. The van der Waals surface area contributed by atoms with E-state index in [0.717, 1.165) is 12.1 Å². The van der Waals surface area contributed by atoms with Gasteiger partial charge < -0.3 is 10.1 Å². The molecule has 0 unspecified atom stereocenters. The topological polar surface area (TPSA) is 155 Å². The molecule has 0 radical (unpaired) electrons. The molecule has 12 nitrogen and oxygen atoms in total. The van der Waals surface area contributed by atoms with Crippen LogP contribution in [0.25, 0.3) is 16.7 Å². The van der Waals surface area contributed by atoms with Crippen LogP contribution in [0.5, 0.6) is 5.75 Å². The Kier molecular flexibility index (Phi) is 5.40. The van der Waals surface area contributed by atoms with Gasteiger partial charge in [-0.1, -0.05) is 0 Å². The SMILES string of the molecule is COc1ccc(-n2nc3ccc(NC(=O)c4cc([N+](=O)[O-])c(C)c([N+](=O)[O-])c4)cc3n2)cc1. The van der Waals surface area contributed by atoms with E-state index >= 15 is 0 Å². The maximum atomic E-state index is 12.7. The van der Waals surface area contributed by atoms with Gasteiger partial charge in [-0.05, 0) is 49.4 Å². The zero-order chi connectivity index (χ0) is 23.7. The van der Waals surface area contributed by atoms with Crippen molar-refractivity contribution >= 4 is 34.0 Å². The molecule has 4 rings (SSSR count). The number of ether oxygens (including phenoxy) is 1. The average molecular weight is 448 g/mol. The summed E-state index contributed by atoms with van der Waals surface area (Å²) in [4.78, 5) is 35.1. The summed E-state index contributed by atoms with van der Waals surface area (Å²) in [6.45, 7) is 1.26. The maximum Gasteiger partial charge on any atom is 0.279 e. The smallest absolute Gasteiger partial charge is 0.279 e. The van der Waals surface area contributed by atoms with Crippen molar-refractivity contribution in [3.63, 3.8) is 0 Å². The van der Waals surface area contributed by atoms with Gasteiger partial charge in [0.15, 0.2) is 0 Å². The van der Waals surface area contributed by atoms with Crippen molar-refractivity contribution < 1.29 is 19.4 Å². The third-order valence-corrected chi connectivity index (χ3v) is 4.95. The number of nitrogens with one attached hydrogen (secondary N) is 1. The fraction of sp³-hybridized carbons (Fsp3) is 0.0952. The molecule has 33 heavy (non-hydrogen) atoms. The van der Waals surface area contributed by atoms with Crippen LogP contribution in [-0.2, 0) is 0 Å². The number of anilines is 1. The molecule has 0 bridgehead atoms. The van der Waals surface area contributed by atoms with E-state index in [1.165, 1.54) is 11.7 Å². The van der Waals surface area contributed by atoms with Crippen molar-refractivity contribution in [2.75, 3.05) is 12.4 Å². The van der Waals surface area contributed by atoms with Crippen LogP contribution >= 0.6 is 0 Å². The quantitative estimate of drug-likeness (QED) is 0.345. The van der Waals surface area contributed by atoms with Gasteiger partial charge in [0.05, 0.1) is 28.2 Å². The molecule has 3 aromatic carbocycles. The van der Waals surface area contributed by atoms with Crippen LogP contribution in [0.15, 0.2) is 54.6 Å². The largest absolute Gasteiger partial charge is 0.497 e. The van der Waals surface area contributed by atoms with Crippen LogP contribution in [0.4, 0.5) is 17.1 Å². The third kappa shape index (κ3) is 4.17. The molecule has 0 spiro atoms. The Morgan fingerprint density at radius 1 is 0.939 bits per heavy atom. The maximum absolute atomic E-state index is 12.7. The lowest BCUT2D eigenvalue weighted by atomic mass is 10.1. The minimum absolute atomic E-state index is 0.127. The highest BCUT2D eigenvalue weighted by Gasteiger charge is 2.25. The van der Waals surface area contributed by atoms with E-state index in [0.29, 0.717) is 28.2 Å². The first-order chi connectivity index (χ1) is 15.8. The second-order valence-corrected chi connectivity index (χ2v) is 7.00. The average Bonchev–Trinajstić information content (AvgIpc) is 3.22. The zero-order valence-corrected chi connectivity index (χ0v) is 17.4. The number of aromatic nitrogens is 3. The van der Waals surface area contributed by atoms with E-state index in [9.17, 15) is 25.0 Å². The van der Waals surface area contributed by atoms with E-state index in [1.807, 2.05) is 0 Å². The Balaban J connectivity index is 1.63. The van der Waals surface area contributed by atoms with Crippen LogP contribution in [0, 0.1) is 27.2 Å². The van der Waals surface area contributed by atoms with Crippen molar-refractivity contribution in [2.24, 2.45) is 0 Å². The number of hydrogen-bond acceptors (Lipinski definition) is 8. The van der Waals surface area contributed by atoms with Gasteiger partial charge in [0.2, 0.25) is 0 Å². The molecule has 1 amide bonds. The molecule has 0 saturated heterocycles. The standard InChI is InChI=1S/C21H16N6O6/c1-12-19(26(29)30)9-13(10-20(12)27(31)32)21(28)22-14-3-8-17-18(11-14)24-25(23-17)15-4-6-16(33-2)7-5-15/h3-11H,1-2H3,(H,22,28). The number of nitro groups is 2. The van der Waals surface area contributed by atoms with E-state index in [-0.39, 0.29) is 11.1 Å². The molecular formula is C21H16N6O6. The fourth-order valence-electron chi connectivity index (χ4n) is 3.22. The first kappa shape index (κ1) is 21.4. The summed E-state index contributed by atoms with van der Waals surface area (Å²) in [5, 5.41) is 33.9. The molecule has 1 aromatic heterocycles. The Bertz CT molecular complexity index is 1380. The molecule has 12 heteroatoms. The van der Waals surface area contributed by atoms with Gasteiger partial charge in [0.25, 0.3) is 17.3 Å². The Morgan fingerprint density at radius 3 is 2.12 bits per heavy atom. The summed E-state index contributed by atoms with van der Waals surface area (Å²) < 4.78 is 5.14. The summed E-state index contributed by atoms with van der Waals surface area (Å²) in [5.74, 6) is -0.0415. The summed E-state index contributed by atoms with van der Waals surface area (Å²) in [5.41, 5.74) is 0.769. The molecule has 0 aliphatic carbocycles. The number of carbonyl (C=O) groups excluding carboxylic acids is 1. The second kappa shape index (κ2) is 8.34. The number of benzene rings is 3. The van der Waals surface area contributed by atoms with Crippen LogP contribution in [-0.4, -0.2) is 37.9 Å². The lowest BCUT2D eigenvalue weighted by Crippen LogP contribution is -2.13. The van der Waals surface area contributed by atoms with E-state index < -0.39 is 27.1 Å². The van der Waals surface area contributed by atoms with E-state index in [1.54, 1.807) is 49.6 Å². The molecule has 0 aliphatic rings. The predicted octanol–water partition coefficient (Wildman–Crippen LogP) is 3.81. The number of amides is 1. The van der Waals surface area contributed by atoms with Crippen LogP contribution in [0.1, 0.15) is 15.9 Å². The first-order valence-corrected chi connectivity index (χ1v) is 9.53. The molecule has 0 aliphatic heterocycles. The minimum atomic E-state index is -0.761. The van der Waals surface area contributed by atoms with Crippen LogP contribution in [0.3, 0.4) is 0 Å². The second-order valence-electron chi connectivity index (χ2n) is 7.00. The Labute approximate surface area is 185 Å². The zero-order valence-electron chi connectivity index (χ0n) is 17.4. The Morgan fingerprint density at radius 2 is 1.55 bits per heavy atom. The monoisotopic (exact) mass is 448 g/mol. The number of carbonyl (C=O) groups is 1. The molecule has 1 heterocycles. The molecule has 0 saturated carbocycles. The molecular weight excluding hydrogens is 432 g/mol. The van der Waals surface area contributed by atoms with Crippen molar-refractivity contribution in [2.45, 2.75) is 6.92 Å². The summed E-state index contributed by atoms with van der Waals surface area (Å²) in [7, 11) is 1.57. The number of methoxy groups -OCH3 is 1. The summed E-state index contributed by atoms with van der Waals surface area (Å²) in [6.07, 6.45) is 0. The molecule has 4 aromatic rings. The normalized spacial score (nSPS) is 10.7. The van der Waals surface area contributed by atoms with Crippen LogP contribution in [0.2, 0.25) is 0 Å². The number of rotatable bonds is 6.